The van der Waals surface area contributed by atoms with Gasteiger partial charge in [-0.3, -0.25) is 9.78 Å². The van der Waals surface area contributed by atoms with Gasteiger partial charge in [0.15, 0.2) is 0 Å². The van der Waals surface area contributed by atoms with Crippen LogP contribution in [0, 0.1) is 0 Å². The summed E-state index contributed by atoms with van der Waals surface area (Å²) in [6.45, 7) is 0. The maximum Gasteiger partial charge on any atom is 0.337 e. The normalized spacial score (nSPS) is 11.4. The number of benzene rings is 2. The lowest BCUT2D eigenvalue weighted by Crippen LogP contribution is -2.23. The van der Waals surface area contributed by atoms with Gasteiger partial charge < -0.3 is 10.1 Å². The highest BCUT2D eigenvalue weighted by molar-refractivity contribution is 5.97. The molecule has 2 aromatic carbocycles. The number of ether oxygens (including phenoxy) is 1. The highest BCUT2D eigenvalue weighted by Crippen LogP contribution is 2.23. The van der Waals surface area contributed by atoms with E-state index in [0.29, 0.717) is 17.7 Å². The topological polar surface area (TPSA) is 68.3 Å². The molecule has 5 heteroatoms. The zero-order valence-electron chi connectivity index (χ0n) is 15.0. The molecule has 0 bridgehead atoms. The number of anilines is 1. The van der Waals surface area contributed by atoms with Crippen LogP contribution >= 0.6 is 0 Å². The number of rotatable bonds is 6. The van der Waals surface area contributed by atoms with E-state index < -0.39 is 5.97 Å². The summed E-state index contributed by atoms with van der Waals surface area (Å²) in [5.74, 6) is -0.877. The van der Waals surface area contributed by atoms with E-state index in [0.717, 1.165) is 11.1 Å². The Morgan fingerprint density at radius 3 is 2.37 bits per heavy atom. The molecule has 0 saturated carbocycles. The highest BCUT2D eigenvalue weighted by Gasteiger charge is 2.21. The Morgan fingerprint density at radius 1 is 1.00 bits per heavy atom. The lowest BCUT2D eigenvalue weighted by Gasteiger charge is -2.17. The van der Waals surface area contributed by atoms with Crippen LogP contribution < -0.4 is 5.32 Å². The molecule has 1 heterocycles. The number of carbonyl (C=O) groups excluding carboxylic acids is 2. The Bertz CT molecular complexity index is 894. The number of hydrogen-bond donors (Lipinski definition) is 1. The number of hydrogen-bond acceptors (Lipinski definition) is 4. The Hall–Kier alpha value is -3.47. The molecule has 0 aliphatic heterocycles. The largest absolute Gasteiger partial charge is 0.465 e. The average Bonchev–Trinajstić information content (AvgIpc) is 2.73. The van der Waals surface area contributed by atoms with Crippen molar-refractivity contribution in [3.8, 4) is 0 Å². The first-order valence-corrected chi connectivity index (χ1v) is 8.60. The van der Waals surface area contributed by atoms with Crippen molar-refractivity contribution in [1.82, 2.24) is 4.98 Å². The summed E-state index contributed by atoms with van der Waals surface area (Å²) in [7, 11) is 1.33. The lowest BCUT2D eigenvalue weighted by atomic mass is 9.91. The Labute approximate surface area is 158 Å². The number of pyridine rings is 1. The fraction of sp³-hybridized carbons (Fsp3) is 0.136. The molecule has 1 amide bonds. The third kappa shape index (κ3) is 4.79. The van der Waals surface area contributed by atoms with E-state index in [2.05, 4.69) is 15.0 Å². The molecule has 0 aliphatic rings. The molecule has 3 aromatic rings. The van der Waals surface area contributed by atoms with Gasteiger partial charge in [-0.15, -0.1) is 0 Å². The summed E-state index contributed by atoms with van der Waals surface area (Å²) in [6.07, 6.45) is 4.03. The molecule has 5 nitrogen and oxygen atoms in total. The molecule has 0 fully saturated rings. The summed E-state index contributed by atoms with van der Waals surface area (Å²) >= 11 is 0. The molecule has 0 aliphatic carbocycles. The number of nitrogens with one attached hydrogen (secondary N) is 1. The van der Waals surface area contributed by atoms with Crippen LogP contribution in [0.2, 0.25) is 0 Å². The number of aromatic nitrogens is 1. The van der Waals surface area contributed by atoms with E-state index in [4.69, 9.17) is 0 Å². The zero-order chi connectivity index (χ0) is 19.1. The van der Waals surface area contributed by atoms with Crippen LogP contribution in [0.1, 0.15) is 27.4 Å². The number of carbonyl (C=O) groups is 2. The van der Waals surface area contributed by atoms with Crippen LogP contribution in [0.25, 0.3) is 0 Å². The highest BCUT2D eigenvalue weighted by atomic mass is 16.5. The van der Waals surface area contributed by atoms with E-state index in [-0.39, 0.29) is 11.8 Å². The van der Waals surface area contributed by atoms with Crippen molar-refractivity contribution in [2.75, 3.05) is 12.4 Å². The van der Waals surface area contributed by atoms with Gasteiger partial charge in [-0.25, -0.2) is 4.79 Å². The molecule has 3 rings (SSSR count). The van der Waals surface area contributed by atoms with Crippen LogP contribution in [-0.2, 0) is 16.0 Å². The van der Waals surface area contributed by atoms with Gasteiger partial charge >= 0.3 is 5.97 Å². The molecule has 1 aromatic heterocycles. The Morgan fingerprint density at radius 2 is 1.74 bits per heavy atom. The number of methoxy groups -OCH3 is 1. The third-order valence-electron chi connectivity index (χ3n) is 4.25. The molecule has 1 N–H and O–H groups in total. The van der Waals surface area contributed by atoms with Gasteiger partial charge in [0.25, 0.3) is 0 Å². The minimum atomic E-state index is -0.411. The Kier molecular flexibility index (Phi) is 5.94. The fourth-order valence-electron chi connectivity index (χ4n) is 2.84. The summed E-state index contributed by atoms with van der Waals surface area (Å²) in [4.78, 5) is 28.6. The van der Waals surface area contributed by atoms with Gasteiger partial charge in [0, 0.05) is 18.1 Å². The maximum atomic E-state index is 13.0. The molecular formula is C22H20N2O3. The summed E-state index contributed by atoms with van der Waals surface area (Å²) in [5, 5.41) is 2.93. The molecule has 136 valence electrons. The van der Waals surface area contributed by atoms with Crippen molar-refractivity contribution in [3.05, 3.63) is 95.8 Å². The predicted molar refractivity (Wildman–Crippen MR) is 104 cm³/mol. The van der Waals surface area contributed by atoms with E-state index >= 15 is 0 Å². The smallest absolute Gasteiger partial charge is 0.337 e. The molecule has 1 unspecified atom stereocenters. The quantitative estimate of drug-likeness (QED) is 0.678. The van der Waals surface area contributed by atoms with Gasteiger partial charge in [-0.2, -0.15) is 0 Å². The van der Waals surface area contributed by atoms with Crippen molar-refractivity contribution in [3.63, 3.8) is 0 Å². The van der Waals surface area contributed by atoms with Crippen molar-refractivity contribution < 1.29 is 14.3 Å². The van der Waals surface area contributed by atoms with Gasteiger partial charge in [0.2, 0.25) is 5.91 Å². The SMILES string of the molecule is COC(=O)c1ccc(NC(=O)C(Cc2cccnc2)c2ccccc2)cc1. The van der Waals surface area contributed by atoms with E-state index in [1.54, 1.807) is 36.7 Å². The molecule has 1 atom stereocenters. The molecule has 0 saturated heterocycles. The van der Waals surface area contributed by atoms with Crippen LogP contribution in [0.15, 0.2) is 79.1 Å². The van der Waals surface area contributed by atoms with E-state index in [1.165, 1.54) is 7.11 Å². The lowest BCUT2D eigenvalue weighted by molar-refractivity contribution is -0.117. The second-order valence-electron chi connectivity index (χ2n) is 6.09. The number of nitrogens with zero attached hydrogens (tertiary/aromatic N) is 1. The minimum Gasteiger partial charge on any atom is -0.465 e. The molecule has 0 spiro atoms. The molecular weight excluding hydrogens is 340 g/mol. The van der Waals surface area contributed by atoms with Crippen molar-refractivity contribution in [2.45, 2.75) is 12.3 Å². The van der Waals surface area contributed by atoms with Gasteiger partial charge in [-0.05, 0) is 47.9 Å². The van der Waals surface area contributed by atoms with Crippen molar-refractivity contribution in [2.24, 2.45) is 0 Å². The van der Waals surface area contributed by atoms with Gasteiger partial charge in [0.1, 0.15) is 0 Å². The van der Waals surface area contributed by atoms with Crippen molar-refractivity contribution in [1.29, 1.82) is 0 Å². The first kappa shape index (κ1) is 18.3. The second kappa shape index (κ2) is 8.76. The average molecular weight is 360 g/mol. The van der Waals surface area contributed by atoms with Crippen LogP contribution in [-0.4, -0.2) is 24.0 Å². The predicted octanol–water partition coefficient (Wildman–Crippen LogP) is 3.83. The van der Waals surface area contributed by atoms with Crippen LogP contribution in [0.4, 0.5) is 5.69 Å². The monoisotopic (exact) mass is 360 g/mol. The van der Waals surface area contributed by atoms with E-state index in [1.807, 2.05) is 42.5 Å². The number of amides is 1. The van der Waals surface area contributed by atoms with Crippen molar-refractivity contribution >= 4 is 17.6 Å². The second-order valence-corrected chi connectivity index (χ2v) is 6.09. The van der Waals surface area contributed by atoms with Gasteiger partial charge in [-0.1, -0.05) is 36.4 Å². The molecule has 0 radical (unpaired) electrons. The Balaban J connectivity index is 1.79. The van der Waals surface area contributed by atoms with E-state index in [9.17, 15) is 9.59 Å². The summed E-state index contributed by atoms with van der Waals surface area (Å²) < 4.78 is 4.69. The minimum absolute atomic E-state index is 0.115. The van der Waals surface area contributed by atoms with Crippen LogP contribution in [0.5, 0.6) is 0 Å². The zero-order valence-corrected chi connectivity index (χ0v) is 15.0. The first-order valence-electron chi connectivity index (χ1n) is 8.60. The van der Waals surface area contributed by atoms with Crippen LogP contribution in [0.3, 0.4) is 0 Å². The first-order chi connectivity index (χ1) is 13.2. The number of esters is 1. The summed E-state index contributed by atoms with van der Waals surface area (Å²) in [6, 6.07) is 20.1. The maximum absolute atomic E-state index is 13.0. The van der Waals surface area contributed by atoms with Gasteiger partial charge in [0.05, 0.1) is 18.6 Å². The molecule has 27 heavy (non-hydrogen) atoms. The third-order valence-corrected chi connectivity index (χ3v) is 4.25. The fourth-order valence-corrected chi connectivity index (χ4v) is 2.84. The summed E-state index contributed by atoms with van der Waals surface area (Å²) in [5.41, 5.74) is 2.98. The standard InChI is InChI=1S/C22H20N2O3/c1-27-22(26)18-9-11-19(12-10-18)24-21(25)20(17-7-3-2-4-8-17)14-16-6-5-13-23-15-16/h2-13,15,20H,14H2,1H3,(H,24,25).